The lowest BCUT2D eigenvalue weighted by molar-refractivity contribution is 0.166. The predicted octanol–water partition coefficient (Wildman–Crippen LogP) is 1.82. The van der Waals surface area contributed by atoms with Crippen LogP contribution in [0.25, 0.3) is 0 Å². The van der Waals surface area contributed by atoms with Crippen molar-refractivity contribution in [3.8, 4) is 0 Å². The Hall–Kier alpha value is -0.770. The summed E-state index contributed by atoms with van der Waals surface area (Å²) < 4.78 is 0. The molecule has 0 saturated carbocycles. The smallest absolute Gasteiger partial charge is 0.191 e. The number of rotatable bonds is 5. The molecule has 0 aliphatic carbocycles. The molecule has 4 nitrogen and oxygen atoms in total. The molecule has 106 valence electrons. The lowest BCUT2D eigenvalue weighted by atomic mass is 10.0. The van der Waals surface area contributed by atoms with E-state index in [1.807, 2.05) is 0 Å². The highest BCUT2D eigenvalue weighted by molar-refractivity contribution is 5.79. The molecule has 0 spiro atoms. The van der Waals surface area contributed by atoms with Gasteiger partial charge in [-0.1, -0.05) is 6.42 Å². The molecule has 0 radical (unpaired) electrons. The van der Waals surface area contributed by atoms with Crippen LogP contribution in [0.3, 0.4) is 0 Å². The van der Waals surface area contributed by atoms with Gasteiger partial charge in [-0.15, -0.1) is 0 Å². The second-order valence-corrected chi connectivity index (χ2v) is 5.44. The number of piperidine rings is 1. The first-order chi connectivity index (χ1) is 8.63. The Bertz CT molecular complexity index is 250. The molecule has 1 aliphatic heterocycles. The van der Waals surface area contributed by atoms with Crippen LogP contribution in [-0.4, -0.2) is 49.1 Å². The summed E-state index contributed by atoms with van der Waals surface area (Å²) in [7, 11) is 0. The first-order valence-corrected chi connectivity index (χ1v) is 7.42. The van der Waals surface area contributed by atoms with Crippen molar-refractivity contribution in [1.82, 2.24) is 15.5 Å². The molecule has 1 heterocycles. The number of aliphatic imine (C=N–C) groups is 1. The Morgan fingerprint density at radius 2 is 2.17 bits per heavy atom. The monoisotopic (exact) mass is 254 g/mol. The summed E-state index contributed by atoms with van der Waals surface area (Å²) in [6.45, 7) is 12.8. The molecule has 1 aliphatic rings. The molecular formula is C14H30N4. The highest BCUT2D eigenvalue weighted by atomic mass is 15.2. The normalized spacial score (nSPS) is 22.3. The summed E-state index contributed by atoms with van der Waals surface area (Å²) in [5.41, 5.74) is 0. The van der Waals surface area contributed by atoms with E-state index in [9.17, 15) is 0 Å². The van der Waals surface area contributed by atoms with Crippen molar-refractivity contribution >= 4 is 5.96 Å². The van der Waals surface area contributed by atoms with Crippen molar-refractivity contribution in [1.29, 1.82) is 0 Å². The summed E-state index contributed by atoms with van der Waals surface area (Å²) in [6, 6.07) is 1.16. The second kappa shape index (κ2) is 8.35. The molecule has 2 N–H and O–H groups in total. The number of nitrogens with one attached hydrogen (secondary N) is 2. The second-order valence-electron chi connectivity index (χ2n) is 5.44. The van der Waals surface area contributed by atoms with Gasteiger partial charge in [-0.05, 0) is 47.1 Å². The third kappa shape index (κ3) is 5.71. The van der Waals surface area contributed by atoms with Gasteiger partial charge < -0.3 is 10.6 Å². The summed E-state index contributed by atoms with van der Waals surface area (Å²) >= 11 is 0. The standard InChI is InChI=1S/C14H30N4/c1-5-15-14(17-12(2)3)16-9-11-18-10-7-6-8-13(18)4/h12-13H,5-11H2,1-4H3,(H2,15,16,17). The number of likely N-dealkylation sites (tertiary alicyclic amines) is 1. The van der Waals surface area contributed by atoms with Gasteiger partial charge in [-0.2, -0.15) is 0 Å². The zero-order valence-corrected chi connectivity index (χ0v) is 12.5. The predicted molar refractivity (Wildman–Crippen MR) is 79.1 cm³/mol. The van der Waals surface area contributed by atoms with Gasteiger partial charge in [-0.3, -0.25) is 9.89 Å². The molecule has 0 amide bonds. The van der Waals surface area contributed by atoms with Crippen LogP contribution < -0.4 is 10.6 Å². The minimum absolute atomic E-state index is 0.428. The topological polar surface area (TPSA) is 39.7 Å². The van der Waals surface area contributed by atoms with Crippen molar-refractivity contribution in [3.05, 3.63) is 0 Å². The van der Waals surface area contributed by atoms with Gasteiger partial charge in [0.2, 0.25) is 0 Å². The summed E-state index contributed by atoms with van der Waals surface area (Å²) in [4.78, 5) is 7.20. The molecule has 0 aromatic rings. The van der Waals surface area contributed by atoms with Crippen LogP contribution in [0.2, 0.25) is 0 Å². The summed E-state index contributed by atoms with van der Waals surface area (Å²) in [6.07, 6.45) is 4.07. The van der Waals surface area contributed by atoms with E-state index < -0.39 is 0 Å². The van der Waals surface area contributed by atoms with Crippen LogP contribution in [0.1, 0.15) is 47.0 Å². The first kappa shape index (κ1) is 15.3. The average Bonchev–Trinajstić information content (AvgIpc) is 2.31. The SMILES string of the molecule is CCNC(=NCCN1CCCCC1C)NC(C)C. The lowest BCUT2D eigenvalue weighted by Crippen LogP contribution is -2.42. The maximum atomic E-state index is 4.63. The van der Waals surface area contributed by atoms with Gasteiger partial charge in [0.05, 0.1) is 6.54 Å². The molecule has 1 unspecified atom stereocenters. The Morgan fingerprint density at radius 1 is 1.39 bits per heavy atom. The van der Waals surface area contributed by atoms with Crippen LogP contribution in [0, 0.1) is 0 Å². The minimum atomic E-state index is 0.428. The largest absolute Gasteiger partial charge is 0.357 e. The zero-order chi connectivity index (χ0) is 13.4. The fraction of sp³-hybridized carbons (Fsp3) is 0.929. The maximum absolute atomic E-state index is 4.63. The van der Waals surface area contributed by atoms with Crippen LogP contribution in [-0.2, 0) is 0 Å². The van der Waals surface area contributed by atoms with Gasteiger partial charge in [0.15, 0.2) is 5.96 Å². The van der Waals surface area contributed by atoms with Gasteiger partial charge >= 0.3 is 0 Å². The molecule has 0 bridgehead atoms. The molecule has 1 fully saturated rings. The van der Waals surface area contributed by atoms with Crippen molar-refractivity contribution in [2.75, 3.05) is 26.2 Å². The van der Waals surface area contributed by atoms with Crippen LogP contribution >= 0.6 is 0 Å². The van der Waals surface area contributed by atoms with E-state index in [0.29, 0.717) is 6.04 Å². The highest BCUT2D eigenvalue weighted by Crippen LogP contribution is 2.15. The number of hydrogen-bond donors (Lipinski definition) is 2. The Kier molecular flexibility index (Phi) is 7.09. The fourth-order valence-corrected chi connectivity index (χ4v) is 2.37. The summed E-state index contributed by atoms with van der Waals surface area (Å²) in [5.74, 6) is 0.942. The van der Waals surface area contributed by atoms with Crippen LogP contribution in [0.5, 0.6) is 0 Å². The van der Waals surface area contributed by atoms with E-state index in [2.05, 4.69) is 48.2 Å². The Labute approximate surface area is 112 Å². The molecule has 1 atom stereocenters. The maximum Gasteiger partial charge on any atom is 0.191 e. The van der Waals surface area contributed by atoms with Gasteiger partial charge in [0, 0.05) is 25.2 Å². The third-order valence-electron chi connectivity index (χ3n) is 3.37. The Morgan fingerprint density at radius 3 is 2.78 bits per heavy atom. The van der Waals surface area contributed by atoms with Gasteiger partial charge in [0.1, 0.15) is 0 Å². The molecular weight excluding hydrogens is 224 g/mol. The number of guanidine groups is 1. The number of hydrogen-bond acceptors (Lipinski definition) is 2. The van der Waals surface area contributed by atoms with E-state index in [4.69, 9.17) is 0 Å². The fourth-order valence-electron chi connectivity index (χ4n) is 2.37. The van der Waals surface area contributed by atoms with E-state index in [1.54, 1.807) is 0 Å². The van der Waals surface area contributed by atoms with Crippen LogP contribution in [0.15, 0.2) is 4.99 Å². The third-order valence-corrected chi connectivity index (χ3v) is 3.37. The van der Waals surface area contributed by atoms with E-state index in [0.717, 1.165) is 31.6 Å². The molecule has 4 heteroatoms. The van der Waals surface area contributed by atoms with Crippen molar-refractivity contribution in [2.45, 2.75) is 59.0 Å². The van der Waals surface area contributed by atoms with Gasteiger partial charge in [0.25, 0.3) is 0 Å². The minimum Gasteiger partial charge on any atom is -0.357 e. The zero-order valence-electron chi connectivity index (χ0n) is 12.5. The van der Waals surface area contributed by atoms with Crippen molar-refractivity contribution in [2.24, 2.45) is 4.99 Å². The van der Waals surface area contributed by atoms with E-state index in [1.165, 1.54) is 25.8 Å². The first-order valence-electron chi connectivity index (χ1n) is 7.42. The molecule has 1 rings (SSSR count). The van der Waals surface area contributed by atoms with Crippen molar-refractivity contribution < 1.29 is 0 Å². The van der Waals surface area contributed by atoms with Crippen LogP contribution in [0.4, 0.5) is 0 Å². The van der Waals surface area contributed by atoms with Gasteiger partial charge in [-0.25, -0.2) is 0 Å². The van der Waals surface area contributed by atoms with E-state index >= 15 is 0 Å². The molecule has 0 aromatic heterocycles. The average molecular weight is 254 g/mol. The molecule has 1 saturated heterocycles. The van der Waals surface area contributed by atoms with Crippen molar-refractivity contribution in [3.63, 3.8) is 0 Å². The molecule has 0 aromatic carbocycles. The van der Waals surface area contributed by atoms with E-state index in [-0.39, 0.29) is 0 Å². The number of nitrogens with zero attached hydrogens (tertiary/aromatic N) is 2. The lowest BCUT2D eigenvalue weighted by Gasteiger charge is -2.32. The Balaban J connectivity index is 2.34. The quantitative estimate of drug-likeness (QED) is 0.581. The summed E-state index contributed by atoms with van der Waals surface area (Å²) in [5, 5.41) is 6.63. The highest BCUT2D eigenvalue weighted by Gasteiger charge is 2.17. The molecule has 18 heavy (non-hydrogen) atoms.